The highest BCUT2D eigenvalue weighted by Gasteiger charge is 2.16. The summed E-state index contributed by atoms with van der Waals surface area (Å²) in [5.74, 6) is 0.182. The molecule has 0 aliphatic rings. The van der Waals surface area contributed by atoms with Gasteiger partial charge >= 0.3 is 0 Å². The Labute approximate surface area is 143 Å². The van der Waals surface area contributed by atoms with Gasteiger partial charge in [0.25, 0.3) is 5.91 Å². The van der Waals surface area contributed by atoms with Gasteiger partial charge < -0.3 is 15.5 Å². The molecule has 0 aliphatic heterocycles. The second-order valence-corrected chi connectivity index (χ2v) is 5.89. The highest BCUT2D eigenvalue weighted by atomic mass is 16.5. The van der Waals surface area contributed by atoms with Crippen LogP contribution in [-0.4, -0.2) is 28.0 Å². The number of pyridine rings is 2. The van der Waals surface area contributed by atoms with Crippen LogP contribution in [0.1, 0.15) is 16.1 Å². The molecule has 4 rings (SSSR count). The molecule has 3 aromatic heterocycles. The van der Waals surface area contributed by atoms with Crippen molar-refractivity contribution in [3.8, 4) is 16.9 Å². The number of primary amides is 1. The lowest BCUT2D eigenvalue weighted by Gasteiger charge is -2.08. The Hall–Kier alpha value is -3.41. The first-order valence-corrected chi connectivity index (χ1v) is 7.79. The van der Waals surface area contributed by atoms with Gasteiger partial charge in [0.05, 0.1) is 12.6 Å². The zero-order chi connectivity index (χ0) is 17.6. The minimum absolute atomic E-state index is 0.232. The van der Waals surface area contributed by atoms with Crippen LogP contribution >= 0.6 is 0 Å². The number of aromatic amines is 1. The van der Waals surface area contributed by atoms with Gasteiger partial charge in [-0.15, -0.1) is 0 Å². The van der Waals surface area contributed by atoms with E-state index in [1.54, 1.807) is 19.4 Å². The van der Waals surface area contributed by atoms with E-state index >= 15 is 0 Å². The zero-order valence-corrected chi connectivity index (χ0v) is 13.8. The van der Waals surface area contributed by atoms with Crippen molar-refractivity contribution in [1.29, 1.82) is 0 Å². The second-order valence-electron chi connectivity index (χ2n) is 5.89. The number of hydrogen-bond acceptors (Lipinski definition) is 4. The topological polar surface area (TPSA) is 93.9 Å². The van der Waals surface area contributed by atoms with E-state index in [2.05, 4.69) is 21.0 Å². The fraction of sp³-hybridized carbons (Fsp3) is 0.105. The van der Waals surface area contributed by atoms with Crippen LogP contribution in [0.5, 0.6) is 5.75 Å². The predicted molar refractivity (Wildman–Crippen MR) is 96.6 cm³/mol. The fourth-order valence-electron chi connectivity index (χ4n) is 3.11. The average molecular weight is 332 g/mol. The summed E-state index contributed by atoms with van der Waals surface area (Å²) >= 11 is 0. The average Bonchev–Trinajstić information content (AvgIpc) is 3.00. The number of benzene rings is 1. The van der Waals surface area contributed by atoms with Crippen LogP contribution in [0, 0.1) is 6.92 Å². The molecule has 0 unspecified atom stereocenters. The van der Waals surface area contributed by atoms with E-state index in [1.165, 1.54) is 0 Å². The van der Waals surface area contributed by atoms with Crippen molar-refractivity contribution in [3.63, 3.8) is 0 Å². The number of nitrogens with one attached hydrogen (secondary N) is 1. The number of aryl methyl sites for hydroxylation is 1. The molecule has 0 atom stereocenters. The van der Waals surface area contributed by atoms with Crippen LogP contribution in [-0.2, 0) is 0 Å². The molecule has 0 spiro atoms. The summed E-state index contributed by atoms with van der Waals surface area (Å²) < 4.78 is 5.49. The quantitative estimate of drug-likeness (QED) is 0.602. The third kappa shape index (κ3) is 2.39. The molecule has 0 aliphatic carbocycles. The maximum Gasteiger partial charge on any atom is 0.267 e. The third-order valence-electron chi connectivity index (χ3n) is 4.25. The Morgan fingerprint density at radius 1 is 1.20 bits per heavy atom. The van der Waals surface area contributed by atoms with Crippen molar-refractivity contribution in [3.05, 3.63) is 54.0 Å². The molecular formula is C19H16N4O2. The smallest absolute Gasteiger partial charge is 0.267 e. The van der Waals surface area contributed by atoms with Crippen LogP contribution in [0.15, 0.2) is 42.7 Å². The maximum atomic E-state index is 11.5. The van der Waals surface area contributed by atoms with Crippen LogP contribution < -0.4 is 10.5 Å². The van der Waals surface area contributed by atoms with Gasteiger partial charge in [0.15, 0.2) is 0 Å². The number of aromatic nitrogens is 3. The van der Waals surface area contributed by atoms with Crippen LogP contribution in [0.25, 0.3) is 33.1 Å². The molecule has 0 saturated carbocycles. The van der Waals surface area contributed by atoms with E-state index in [1.807, 2.05) is 31.3 Å². The number of carbonyl (C=O) groups excluding carboxylic acids is 1. The zero-order valence-electron chi connectivity index (χ0n) is 13.8. The molecule has 124 valence electrons. The summed E-state index contributed by atoms with van der Waals surface area (Å²) in [7, 11) is 1.64. The van der Waals surface area contributed by atoms with Gasteiger partial charge in [0, 0.05) is 23.2 Å². The molecule has 1 amide bonds. The second kappa shape index (κ2) is 5.59. The van der Waals surface area contributed by atoms with Crippen LogP contribution in [0.2, 0.25) is 0 Å². The lowest BCUT2D eigenvalue weighted by atomic mass is 9.99. The summed E-state index contributed by atoms with van der Waals surface area (Å²) in [5.41, 5.74) is 10.1. The molecular weight excluding hydrogens is 316 g/mol. The van der Waals surface area contributed by atoms with Gasteiger partial charge in [0.2, 0.25) is 0 Å². The highest BCUT2D eigenvalue weighted by molar-refractivity contribution is 6.15. The molecule has 25 heavy (non-hydrogen) atoms. The Bertz CT molecular complexity index is 1130. The number of methoxy groups -OCH3 is 1. The number of amides is 1. The van der Waals surface area contributed by atoms with Crippen molar-refractivity contribution in [2.45, 2.75) is 6.92 Å². The van der Waals surface area contributed by atoms with Gasteiger partial charge in [-0.3, -0.25) is 9.78 Å². The molecule has 6 nitrogen and oxygen atoms in total. The van der Waals surface area contributed by atoms with Crippen molar-refractivity contribution in [2.24, 2.45) is 5.73 Å². The van der Waals surface area contributed by atoms with Crippen LogP contribution in [0.3, 0.4) is 0 Å². The molecule has 0 fully saturated rings. The van der Waals surface area contributed by atoms with Gasteiger partial charge in [-0.2, -0.15) is 0 Å². The molecule has 6 heteroatoms. The largest absolute Gasteiger partial charge is 0.495 e. The minimum atomic E-state index is -0.553. The summed E-state index contributed by atoms with van der Waals surface area (Å²) in [5, 5.41) is 1.99. The third-order valence-corrected chi connectivity index (χ3v) is 4.25. The lowest BCUT2D eigenvalue weighted by molar-refractivity contribution is 0.0995. The van der Waals surface area contributed by atoms with E-state index in [0.29, 0.717) is 0 Å². The van der Waals surface area contributed by atoms with E-state index in [-0.39, 0.29) is 5.69 Å². The number of carbonyl (C=O) groups is 1. The summed E-state index contributed by atoms with van der Waals surface area (Å²) in [4.78, 5) is 23.3. The van der Waals surface area contributed by atoms with E-state index in [0.717, 1.165) is 44.4 Å². The normalized spacial score (nSPS) is 11.1. The first-order chi connectivity index (χ1) is 12.1. The Balaban J connectivity index is 2.10. The van der Waals surface area contributed by atoms with Gasteiger partial charge in [-0.1, -0.05) is 0 Å². The molecule has 0 bridgehead atoms. The number of ether oxygens (including phenoxy) is 1. The summed E-state index contributed by atoms with van der Waals surface area (Å²) in [6.07, 6.45) is 3.41. The maximum absolute atomic E-state index is 11.5. The lowest BCUT2D eigenvalue weighted by Crippen LogP contribution is -2.12. The van der Waals surface area contributed by atoms with Crippen molar-refractivity contribution < 1.29 is 9.53 Å². The van der Waals surface area contributed by atoms with E-state index in [9.17, 15) is 4.79 Å². The van der Waals surface area contributed by atoms with Crippen molar-refractivity contribution >= 4 is 27.8 Å². The van der Waals surface area contributed by atoms with Gasteiger partial charge in [-0.25, -0.2) is 4.98 Å². The number of nitrogens with zero attached hydrogens (tertiary/aromatic N) is 2. The number of hydrogen-bond donors (Lipinski definition) is 2. The van der Waals surface area contributed by atoms with Crippen LogP contribution in [0.4, 0.5) is 0 Å². The molecule has 0 radical (unpaired) electrons. The Morgan fingerprint density at radius 3 is 2.80 bits per heavy atom. The minimum Gasteiger partial charge on any atom is -0.495 e. The van der Waals surface area contributed by atoms with Gasteiger partial charge in [0.1, 0.15) is 17.1 Å². The van der Waals surface area contributed by atoms with Crippen molar-refractivity contribution in [2.75, 3.05) is 7.11 Å². The first-order valence-electron chi connectivity index (χ1n) is 7.79. The molecule has 3 heterocycles. The number of rotatable bonds is 3. The summed E-state index contributed by atoms with van der Waals surface area (Å²) in [6, 6.07) is 9.50. The Morgan fingerprint density at radius 2 is 2.04 bits per heavy atom. The number of nitrogens with two attached hydrogens (primary N) is 1. The monoisotopic (exact) mass is 332 g/mol. The molecule has 4 aromatic rings. The predicted octanol–water partition coefficient (Wildman–Crippen LogP) is 3.19. The standard InChI is InChI=1S/C19H16N4O2/c1-10-7-13-16-12(11-5-6-21-14(8-11)18(20)24)3-4-15(25-2)17(16)23-19(13)22-9-10/h3-9H,1-2H3,(H2,20,24)(H,22,23). The SMILES string of the molecule is COc1ccc(-c2ccnc(C(N)=O)c2)c2c1[nH]c1ncc(C)cc12. The van der Waals surface area contributed by atoms with Crippen molar-refractivity contribution in [1.82, 2.24) is 15.0 Å². The highest BCUT2D eigenvalue weighted by Crippen LogP contribution is 2.38. The molecule has 0 saturated heterocycles. The number of fused-ring (bicyclic) bond motifs is 3. The van der Waals surface area contributed by atoms with E-state index in [4.69, 9.17) is 10.5 Å². The van der Waals surface area contributed by atoms with E-state index < -0.39 is 5.91 Å². The summed E-state index contributed by atoms with van der Waals surface area (Å²) in [6.45, 7) is 2.00. The Kier molecular flexibility index (Phi) is 3.39. The fourth-order valence-corrected chi connectivity index (χ4v) is 3.11. The molecule has 3 N–H and O–H groups in total. The van der Waals surface area contributed by atoms with Gasteiger partial charge in [-0.05, 0) is 53.9 Å². The molecule has 1 aromatic carbocycles. The first kappa shape index (κ1) is 15.1. The number of H-pyrrole nitrogens is 1.